The van der Waals surface area contributed by atoms with Crippen molar-refractivity contribution in [3.8, 4) is 0 Å². The molecule has 0 bridgehead atoms. The molecule has 1 atom stereocenters. The number of hydrogen-bond donors (Lipinski definition) is 1. The summed E-state index contributed by atoms with van der Waals surface area (Å²) in [7, 11) is 0. The second-order valence-electron chi connectivity index (χ2n) is 5.96. The minimum Gasteiger partial charge on any atom is -0.324 e. The number of unbranched alkanes of at least 4 members (excludes halogenated alkanes) is 6. The van der Waals surface area contributed by atoms with E-state index in [1.807, 2.05) is 12.4 Å². The summed E-state index contributed by atoms with van der Waals surface area (Å²) in [5, 5.41) is 2.44. The highest BCUT2D eigenvalue weighted by Gasteiger charge is 2.09. The first kappa shape index (κ1) is 16.0. The van der Waals surface area contributed by atoms with Gasteiger partial charge in [-0.3, -0.25) is 4.98 Å². The second-order valence-corrected chi connectivity index (χ2v) is 5.96. The molecule has 0 amide bonds. The molecule has 2 nitrogen and oxygen atoms in total. The number of benzene rings is 1. The van der Waals surface area contributed by atoms with E-state index in [0.29, 0.717) is 0 Å². The van der Waals surface area contributed by atoms with E-state index in [9.17, 15) is 0 Å². The summed E-state index contributed by atoms with van der Waals surface area (Å²) in [4.78, 5) is 4.18. The first-order chi connectivity index (χ1) is 10.3. The van der Waals surface area contributed by atoms with E-state index >= 15 is 0 Å². The summed E-state index contributed by atoms with van der Waals surface area (Å²) in [6, 6.07) is 8.58. The predicted octanol–water partition coefficient (Wildman–Crippen LogP) is 5.38. The van der Waals surface area contributed by atoms with Crippen LogP contribution in [0.1, 0.15) is 69.9 Å². The second kappa shape index (κ2) is 8.78. The SMILES string of the molecule is CCCCCCCCCC(N)c1cccc2cnccc12. The van der Waals surface area contributed by atoms with Crippen LogP contribution >= 0.6 is 0 Å². The fourth-order valence-corrected chi connectivity index (χ4v) is 2.95. The van der Waals surface area contributed by atoms with Crippen LogP contribution in [0.5, 0.6) is 0 Å². The van der Waals surface area contributed by atoms with Gasteiger partial charge in [0, 0.05) is 23.8 Å². The van der Waals surface area contributed by atoms with Crippen molar-refractivity contribution in [2.45, 2.75) is 64.3 Å². The molecule has 2 rings (SSSR count). The van der Waals surface area contributed by atoms with Crippen molar-refractivity contribution in [2.24, 2.45) is 5.73 Å². The van der Waals surface area contributed by atoms with Gasteiger partial charge in [0.15, 0.2) is 0 Å². The third-order valence-electron chi connectivity index (χ3n) is 4.23. The Kier molecular flexibility index (Phi) is 6.68. The molecule has 114 valence electrons. The molecule has 0 saturated heterocycles. The molecule has 0 aliphatic carbocycles. The smallest absolute Gasteiger partial charge is 0.0346 e. The maximum atomic E-state index is 6.40. The average Bonchev–Trinajstić information content (AvgIpc) is 2.53. The van der Waals surface area contributed by atoms with Crippen molar-refractivity contribution in [3.05, 3.63) is 42.2 Å². The molecule has 0 saturated carbocycles. The largest absolute Gasteiger partial charge is 0.324 e. The molecule has 0 spiro atoms. The molecule has 0 aliphatic rings. The van der Waals surface area contributed by atoms with E-state index < -0.39 is 0 Å². The Labute approximate surface area is 128 Å². The van der Waals surface area contributed by atoms with Crippen LogP contribution in [-0.2, 0) is 0 Å². The number of pyridine rings is 1. The highest BCUT2D eigenvalue weighted by Crippen LogP contribution is 2.25. The normalized spacial score (nSPS) is 12.7. The minimum absolute atomic E-state index is 0.145. The van der Waals surface area contributed by atoms with Gasteiger partial charge in [-0.15, -0.1) is 0 Å². The Balaban J connectivity index is 1.81. The molecular weight excluding hydrogens is 256 g/mol. The number of nitrogens with two attached hydrogens (primary N) is 1. The first-order valence-electron chi connectivity index (χ1n) is 8.41. The van der Waals surface area contributed by atoms with Gasteiger partial charge in [0.1, 0.15) is 0 Å². The van der Waals surface area contributed by atoms with Gasteiger partial charge in [-0.25, -0.2) is 0 Å². The van der Waals surface area contributed by atoms with Crippen LogP contribution in [0, 0.1) is 0 Å². The van der Waals surface area contributed by atoms with Gasteiger partial charge >= 0.3 is 0 Å². The Morgan fingerprint density at radius 3 is 2.57 bits per heavy atom. The topological polar surface area (TPSA) is 38.9 Å². The number of nitrogens with zero attached hydrogens (tertiary/aromatic N) is 1. The van der Waals surface area contributed by atoms with Crippen LogP contribution in [0.25, 0.3) is 10.8 Å². The van der Waals surface area contributed by atoms with Crippen LogP contribution in [-0.4, -0.2) is 4.98 Å². The third-order valence-corrected chi connectivity index (χ3v) is 4.23. The molecule has 0 fully saturated rings. The fraction of sp³-hybridized carbons (Fsp3) is 0.526. The molecule has 2 aromatic rings. The monoisotopic (exact) mass is 284 g/mol. The van der Waals surface area contributed by atoms with Crippen molar-refractivity contribution < 1.29 is 0 Å². The van der Waals surface area contributed by atoms with E-state index in [2.05, 4.69) is 36.2 Å². The summed E-state index contributed by atoms with van der Waals surface area (Å²) >= 11 is 0. The van der Waals surface area contributed by atoms with Crippen molar-refractivity contribution in [1.82, 2.24) is 4.98 Å². The lowest BCUT2D eigenvalue weighted by molar-refractivity contribution is 0.542. The highest BCUT2D eigenvalue weighted by atomic mass is 14.6. The number of fused-ring (bicyclic) bond motifs is 1. The van der Waals surface area contributed by atoms with E-state index in [-0.39, 0.29) is 6.04 Å². The lowest BCUT2D eigenvalue weighted by atomic mass is 9.96. The van der Waals surface area contributed by atoms with Crippen LogP contribution in [0.15, 0.2) is 36.7 Å². The zero-order valence-electron chi connectivity index (χ0n) is 13.2. The van der Waals surface area contributed by atoms with Gasteiger partial charge in [-0.05, 0) is 23.4 Å². The van der Waals surface area contributed by atoms with Crippen LogP contribution < -0.4 is 5.73 Å². The maximum Gasteiger partial charge on any atom is 0.0346 e. The Morgan fingerprint density at radius 1 is 1.00 bits per heavy atom. The van der Waals surface area contributed by atoms with Gasteiger partial charge in [0.25, 0.3) is 0 Å². The minimum atomic E-state index is 0.145. The van der Waals surface area contributed by atoms with Gasteiger partial charge in [0.05, 0.1) is 0 Å². The molecule has 0 radical (unpaired) electrons. The Bertz CT molecular complexity index is 531. The highest BCUT2D eigenvalue weighted by molar-refractivity contribution is 5.85. The van der Waals surface area contributed by atoms with Gasteiger partial charge in [-0.1, -0.05) is 70.1 Å². The summed E-state index contributed by atoms with van der Waals surface area (Å²) in [5.74, 6) is 0. The van der Waals surface area contributed by atoms with Gasteiger partial charge < -0.3 is 5.73 Å². The molecule has 1 aromatic carbocycles. The molecule has 2 N–H and O–H groups in total. The quantitative estimate of drug-likeness (QED) is 0.628. The Hall–Kier alpha value is -1.41. The molecule has 1 unspecified atom stereocenters. The van der Waals surface area contributed by atoms with E-state index in [0.717, 1.165) is 6.42 Å². The van der Waals surface area contributed by atoms with Crippen LogP contribution in [0.3, 0.4) is 0 Å². The number of hydrogen-bond acceptors (Lipinski definition) is 2. The van der Waals surface area contributed by atoms with Crippen LogP contribution in [0.4, 0.5) is 0 Å². The average molecular weight is 284 g/mol. The fourth-order valence-electron chi connectivity index (χ4n) is 2.95. The van der Waals surface area contributed by atoms with Crippen molar-refractivity contribution in [2.75, 3.05) is 0 Å². The molecule has 2 heteroatoms. The third kappa shape index (κ3) is 4.82. The van der Waals surface area contributed by atoms with E-state index in [4.69, 9.17) is 5.73 Å². The van der Waals surface area contributed by atoms with Crippen LogP contribution in [0.2, 0.25) is 0 Å². The van der Waals surface area contributed by atoms with E-state index in [1.54, 1.807) is 0 Å². The van der Waals surface area contributed by atoms with Crippen molar-refractivity contribution >= 4 is 10.8 Å². The van der Waals surface area contributed by atoms with Gasteiger partial charge in [0.2, 0.25) is 0 Å². The molecule has 1 aromatic heterocycles. The summed E-state index contributed by atoms with van der Waals surface area (Å²) in [6.45, 7) is 2.26. The zero-order chi connectivity index (χ0) is 14.9. The summed E-state index contributed by atoms with van der Waals surface area (Å²) < 4.78 is 0. The number of aromatic nitrogens is 1. The van der Waals surface area contributed by atoms with Crippen molar-refractivity contribution in [3.63, 3.8) is 0 Å². The Morgan fingerprint density at radius 2 is 1.76 bits per heavy atom. The molecule has 21 heavy (non-hydrogen) atoms. The molecular formula is C19H28N2. The first-order valence-corrected chi connectivity index (χ1v) is 8.41. The summed E-state index contributed by atoms with van der Waals surface area (Å²) in [5.41, 5.74) is 7.67. The van der Waals surface area contributed by atoms with E-state index in [1.165, 1.54) is 61.3 Å². The molecule has 1 heterocycles. The zero-order valence-corrected chi connectivity index (χ0v) is 13.2. The lowest BCUT2D eigenvalue weighted by Crippen LogP contribution is -2.10. The summed E-state index contributed by atoms with van der Waals surface area (Å²) in [6.07, 6.45) is 14.2. The van der Waals surface area contributed by atoms with Gasteiger partial charge in [-0.2, -0.15) is 0 Å². The number of rotatable bonds is 9. The predicted molar refractivity (Wildman–Crippen MR) is 91.3 cm³/mol. The molecule has 0 aliphatic heterocycles. The maximum absolute atomic E-state index is 6.40. The van der Waals surface area contributed by atoms with Crippen molar-refractivity contribution in [1.29, 1.82) is 0 Å². The standard InChI is InChI=1S/C19H28N2/c1-2-3-4-5-6-7-8-12-19(20)18-11-9-10-16-15-21-14-13-17(16)18/h9-11,13-15,19H,2-8,12,20H2,1H3. The lowest BCUT2D eigenvalue weighted by Gasteiger charge is -2.14.